The van der Waals surface area contributed by atoms with Crippen molar-refractivity contribution >= 4 is 28.6 Å². The first-order valence-corrected chi connectivity index (χ1v) is 10.4. The lowest BCUT2D eigenvalue weighted by molar-refractivity contribution is -0.132. The summed E-state index contributed by atoms with van der Waals surface area (Å²) >= 11 is 0. The number of hydrogen-bond acceptors (Lipinski definition) is 3. The normalized spacial score (nSPS) is 16.9. The smallest absolute Gasteiger partial charge is 0.325 e. The zero-order valence-electron chi connectivity index (χ0n) is 17.4. The number of carbonyl (C=O) groups is 3. The molecule has 1 fully saturated rings. The molecule has 1 saturated heterocycles. The molecule has 4 rings (SSSR count). The number of nitrogens with one attached hydrogen (secondary N) is 2. The highest BCUT2D eigenvalue weighted by molar-refractivity contribution is 6.06. The molecule has 0 bridgehead atoms. The van der Waals surface area contributed by atoms with Crippen LogP contribution in [-0.2, 0) is 16.0 Å². The van der Waals surface area contributed by atoms with E-state index >= 15 is 0 Å². The molecule has 2 N–H and O–H groups in total. The summed E-state index contributed by atoms with van der Waals surface area (Å²) in [4.78, 5) is 38.4. The van der Waals surface area contributed by atoms with Gasteiger partial charge in [-0.3, -0.25) is 14.5 Å². The third-order valence-corrected chi connectivity index (χ3v) is 5.62. The third-order valence-electron chi connectivity index (χ3n) is 5.62. The molecule has 0 spiro atoms. The Morgan fingerprint density at radius 3 is 2.48 bits per heavy atom. The van der Waals surface area contributed by atoms with Gasteiger partial charge in [0.1, 0.15) is 12.6 Å². The fraction of sp³-hybridized carbons (Fsp3) is 0.240. The van der Waals surface area contributed by atoms with E-state index < -0.39 is 12.1 Å². The van der Waals surface area contributed by atoms with E-state index in [4.69, 9.17) is 0 Å². The second kappa shape index (κ2) is 9.00. The van der Waals surface area contributed by atoms with Crippen LogP contribution in [0, 0.1) is 0 Å². The minimum atomic E-state index is -0.599. The summed E-state index contributed by atoms with van der Waals surface area (Å²) in [5.41, 5.74) is 2.06. The molecule has 31 heavy (non-hydrogen) atoms. The van der Waals surface area contributed by atoms with Crippen LogP contribution >= 0.6 is 0 Å². The molecule has 158 valence electrons. The van der Waals surface area contributed by atoms with Crippen molar-refractivity contribution in [3.05, 3.63) is 83.9 Å². The third kappa shape index (κ3) is 4.74. The highest BCUT2D eigenvalue weighted by atomic mass is 16.2. The largest absolute Gasteiger partial charge is 0.348 e. The minimum Gasteiger partial charge on any atom is -0.348 e. The first-order valence-electron chi connectivity index (χ1n) is 10.4. The maximum atomic E-state index is 12.6. The van der Waals surface area contributed by atoms with Gasteiger partial charge in [0.25, 0.3) is 5.91 Å². The molecule has 1 aliphatic rings. The van der Waals surface area contributed by atoms with Crippen molar-refractivity contribution in [3.63, 3.8) is 0 Å². The summed E-state index contributed by atoms with van der Waals surface area (Å²) in [5.74, 6) is -0.720. The van der Waals surface area contributed by atoms with Crippen molar-refractivity contribution in [2.75, 3.05) is 6.54 Å². The molecule has 0 aliphatic carbocycles. The zero-order chi connectivity index (χ0) is 21.8. The van der Waals surface area contributed by atoms with Gasteiger partial charge in [-0.1, -0.05) is 66.7 Å². The Balaban J connectivity index is 1.33. The Morgan fingerprint density at radius 1 is 1.00 bits per heavy atom. The van der Waals surface area contributed by atoms with Gasteiger partial charge in [-0.2, -0.15) is 0 Å². The Hall–Kier alpha value is -3.67. The van der Waals surface area contributed by atoms with Crippen molar-refractivity contribution in [1.29, 1.82) is 0 Å². The van der Waals surface area contributed by atoms with E-state index in [-0.39, 0.29) is 24.4 Å². The van der Waals surface area contributed by atoms with Crippen molar-refractivity contribution in [2.24, 2.45) is 0 Å². The topological polar surface area (TPSA) is 78.5 Å². The number of benzene rings is 3. The SMILES string of the molecule is CC(NC(=O)CN1C(=O)NC(CCc2ccccc2)C1=O)c1ccc2ccccc2c1. The molecule has 6 nitrogen and oxygen atoms in total. The Morgan fingerprint density at radius 2 is 1.71 bits per heavy atom. The molecule has 2 atom stereocenters. The molecule has 0 saturated carbocycles. The molecule has 1 aliphatic heterocycles. The fourth-order valence-electron chi connectivity index (χ4n) is 3.87. The first-order chi connectivity index (χ1) is 15.0. The Labute approximate surface area is 181 Å². The summed E-state index contributed by atoms with van der Waals surface area (Å²) in [5, 5.41) is 7.80. The summed E-state index contributed by atoms with van der Waals surface area (Å²) in [6.07, 6.45) is 1.18. The van der Waals surface area contributed by atoms with Gasteiger partial charge in [0.05, 0.1) is 6.04 Å². The molecule has 0 aromatic heterocycles. The van der Waals surface area contributed by atoms with Crippen LogP contribution in [0.1, 0.15) is 30.5 Å². The van der Waals surface area contributed by atoms with Crippen LogP contribution < -0.4 is 10.6 Å². The van der Waals surface area contributed by atoms with Crippen molar-refractivity contribution in [1.82, 2.24) is 15.5 Å². The lowest BCUT2D eigenvalue weighted by atomic mass is 10.0. The average molecular weight is 415 g/mol. The standard InChI is InChI=1S/C25H25N3O3/c1-17(20-13-12-19-9-5-6-10-21(19)15-20)26-23(29)16-28-24(30)22(27-25(28)31)14-11-18-7-3-2-4-8-18/h2-10,12-13,15,17,22H,11,14,16H2,1H3,(H,26,29)(H,27,31). The number of imide groups is 1. The molecular formula is C25H25N3O3. The van der Waals surface area contributed by atoms with Crippen LogP contribution in [0.2, 0.25) is 0 Å². The van der Waals surface area contributed by atoms with E-state index in [1.54, 1.807) is 0 Å². The van der Waals surface area contributed by atoms with Crippen molar-refractivity contribution in [3.8, 4) is 0 Å². The van der Waals surface area contributed by atoms with Crippen LogP contribution in [0.15, 0.2) is 72.8 Å². The molecule has 1 heterocycles. The van der Waals surface area contributed by atoms with E-state index in [1.807, 2.05) is 79.7 Å². The summed E-state index contributed by atoms with van der Waals surface area (Å²) in [6.45, 7) is 1.60. The van der Waals surface area contributed by atoms with Crippen LogP contribution in [0.3, 0.4) is 0 Å². The molecule has 4 amide bonds. The average Bonchev–Trinajstić information content (AvgIpc) is 3.05. The number of fused-ring (bicyclic) bond motifs is 1. The lowest BCUT2D eigenvalue weighted by Crippen LogP contribution is -2.41. The molecule has 3 aromatic rings. The molecule has 3 aromatic carbocycles. The predicted molar refractivity (Wildman–Crippen MR) is 119 cm³/mol. The van der Waals surface area contributed by atoms with Gasteiger partial charge >= 0.3 is 6.03 Å². The van der Waals surface area contributed by atoms with Crippen molar-refractivity contribution in [2.45, 2.75) is 31.8 Å². The van der Waals surface area contributed by atoms with Gasteiger partial charge < -0.3 is 10.6 Å². The van der Waals surface area contributed by atoms with E-state index in [2.05, 4.69) is 10.6 Å². The van der Waals surface area contributed by atoms with E-state index in [1.165, 1.54) is 0 Å². The zero-order valence-corrected chi connectivity index (χ0v) is 17.4. The summed E-state index contributed by atoms with van der Waals surface area (Å²) in [7, 11) is 0. The van der Waals surface area contributed by atoms with Crippen LogP contribution in [0.4, 0.5) is 4.79 Å². The summed E-state index contributed by atoms with van der Waals surface area (Å²) in [6, 6.07) is 22.5. The van der Waals surface area contributed by atoms with Crippen LogP contribution in [0.25, 0.3) is 10.8 Å². The van der Waals surface area contributed by atoms with Gasteiger partial charge in [-0.15, -0.1) is 0 Å². The number of urea groups is 1. The van der Waals surface area contributed by atoms with Gasteiger partial charge in [0.15, 0.2) is 0 Å². The minimum absolute atomic E-state index is 0.244. The van der Waals surface area contributed by atoms with E-state index in [9.17, 15) is 14.4 Å². The fourth-order valence-corrected chi connectivity index (χ4v) is 3.87. The number of amides is 4. The monoisotopic (exact) mass is 415 g/mol. The highest BCUT2D eigenvalue weighted by Crippen LogP contribution is 2.20. The molecule has 2 unspecified atom stereocenters. The number of aryl methyl sites for hydroxylation is 1. The van der Waals surface area contributed by atoms with Gasteiger partial charge in [0.2, 0.25) is 5.91 Å². The Bertz CT molecular complexity index is 1110. The van der Waals surface area contributed by atoms with Gasteiger partial charge in [-0.05, 0) is 47.7 Å². The van der Waals surface area contributed by atoms with Gasteiger partial charge in [-0.25, -0.2) is 4.79 Å². The number of rotatable bonds is 7. The first kappa shape index (κ1) is 20.6. The van der Waals surface area contributed by atoms with Crippen LogP contribution in [-0.4, -0.2) is 35.3 Å². The number of hydrogen-bond donors (Lipinski definition) is 2. The molecule has 6 heteroatoms. The van der Waals surface area contributed by atoms with E-state index in [0.29, 0.717) is 12.8 Å². The maximum Gasteiger partial charge on any atom is 0.325 e. The highest BCUT2D eigenvalue weighted by Gasteiger charge is 2.38. The van der Waals surface area contributed by atoms with Crippen molar-refractivity contribution < 1.29 is 14.4 Å². The number of nitrogens with zero attached hydrogens (tertiary/aromatic N) is 1. The lowest BCUT2D eigenvalue weighted by Gasteiger charge is -2.18. The predicted octanol–water partition coefficient (Wildman–Crippen LogP) is 3.57. The second-order valence-electron chi connectivity index (χ2n) is 7.85. The summed E-state index contributed by atoms with van der Waals surface area (Å²) < 4.78 is 0. The second-order valence-corrected chi connectivity index (χ2v) is 7.85. The molecule has 0 radical (unpaired) electrons. The molecular weight excluding hydrogens is 390 g/mol. The Kier molecular flexibility index (Phi) is 5.98. The maximum absolute atomic E-state index is 12.6. The van der Waals surface area contributed by atoms with Gasteiger partial charge in [0, 0.05) is 0 Å². The van der Waals surface area contributed by atoms with Crippen LogP contribution in [0.5, 0.6) is 0 Å². The number of carbonyl (C=O) groups excluding carboxylic acids is 3. The van der Waals surface area contributed by atoms with E-state index in [0.717, 1.165) is 26.8 Å². The quantitative estimate of drug-likeness (QED) is 0.579.